The van der Waals surface area contributed by atoms with Gasteiger partial charge in [0.2, 0.25) is 10.0 Å². The number of carbonyl (C=O) groups is 1. The first-order chi connectivity index (χ1) is 11.6. The van der Waals surface area contributed by atoms with Crippen molar-refractivity contribution in [3.8, 4) is 0 Å². The molecule has 0 aliphatic carbocycles. The quantitative estimate of drug-likeness (QED) is 0.827. The van der Waals surface area contributed by atoms with Gasteiger partial charge in [-0.2, -0.15) is 0 Å². The van der Waals surface area contributed by atoms with Gasteiger partial charge in [-0.25, -0.2) is 8.42 Å². The van der Waals surface area contributed by atoms with Crippen LogP contribution in [0.5, 0.6) is 0 Å². The highest BCUT2D eigenvalue weighted by Crippen LogP contribution is 2.23. The third kappa shape index (κ3) is 5.21. The molecule has 2 N–H and O–H groups in total. The maximum Gasteiger partial charge on any atom is 0.253 e. The van der Waals surface area contributed by atoms with E-state index in [1.54, 1.807) is 0 Å². The Morgan fingerprint density at radius 1 is 1.08 bits per heavy atom. The van der Waals surface area contributed by atoms with Crippen LogP contribution in [0.4, 0.5) is 5.69 Å². The summed E-state index contributed by atoms with van der Waals surface area (Å²) in [5, 5.41) is 3.08. The molecule has 2 rings (SSSR count). The van der Waals surface area contributed by atoms with E-state index in [1.165, 1.54) is 23.8 Å². The molecule has 2 aromatic carbocycles. The van der Waals surface area contributed by atoms with Crippen molar-refractivity contribution in [1.29, 1.82) is 0 Å². The lowest BCUT2D eigenvalue weighted by molar-refractivity contribution is 0.0940. The largest absolute Gasteiger partial charge is 0.345 e. The number of nitrogens with one attached hydrogen (secondary N) is 2. The first-order valence-electron chi connectivity index (χ1n) is 7.72. The summed E-state index contributed by atoms with van der Waals surface area (Å²) < 4.78 is 24.8. The van der Waals surface area contributed by atoms with Crippen LogP contribution in [0, 0.1) is 13.8 Å². The second-order valence-corrected chi connectivity index (χ2v) is 8.26. The summed E-state index contributed by atoms with van der Waals surface area (Å²) >= 11 is 6.13. The Morgan fingerprint density at radius 2 is 1.76 bits per heavy atom. The van der Waals surface area contributed by atoms with E-state index in [9.17, 15) is 13.2 Å². The number of sulfonamides is 1. The highest BCUT2D eigenvalue weighted by atomic mass is 35.5. The van der Waals surface area contributed by atoms with Crippen molar-refractivity contribution in [2.45, 2.75) is 26.8 Å². The van der Waals surface area contributed by atoms with Gasteiger partial charge in [-0.15, -0.1) is 0 Å². The summed E-state index contributed by atoms with van der Waals surface area (Å²) in [5.74, 6) is -0.318. The number of aryl methyl sites for hydroxylation is 2. The Balaban J connectivity index is 2.16. The molecule has 0 radical (unpaired) electrons. The van der Waals surface area contributed by atoms with Crippen molar-refractivity contribution in [1.82, 2.24) is 5.32 Å². The second kappa shape index (κ2) is 7.45. The van der Waals surface area contributed by atoms with Crippen molar-refractivity contribution < 1.29 is 13.2 Å². The molecule has 0 spiro atoms. The van der Waals surface area contributed by atoms with Gasteiger partial charge in [0.25, 0.3) is 5.91 Å². The van der Waals surface area contributed by atoms with E-state index in [0.29, 0.717) is 5.69 Å². The van der Waals surface area contributed by atoms with Gasteiger partial charge in [0, 0.05) is 5.69 Å². The molecular weight excluding hydrogens is 360 g/mol. The molecule has 25 heavy (non-hydrogen) atoms. The van der Waals surface area contributed by atoms with Crippen molar-refractivity contribution in [2.75, 3.05) is 11.0 Å². The molecule has 0 saturated carbocycles. The first kappa shape index (κ1) is 19.3. The zero-order chi connectivity index (χ0) is 18.8. The number of hydrogen-bond acceptors (Lipinski definition) is 3. The molecule has 0 fully saturated rings. The fraction of sp³-hybridized carbons (Fsp3) is 0.278. The minimum atomic E-state index is -3.40. The lowest BCUT2D eigenvalue weighted by Crippen LogP contribution is -2.27. The van der Waals surface area contributed by atoms with Gasteiger partial charge >= 0.3 is 0 Å². The molecule has 0 aliphatic rings. The predicted molar refractivity (Wildman–Crippen MR) is 102 cm³/mol. The lowest BCUT2D eigenvalue weighted by Gasteiger charge is -2.16. The minimum Gasteiger partial charge on any atom is -0.345 e. The zero-order valence-electron chi connectivity index (χ0n) is 14.6. The molecule has 0 saturated heterocycles. The molecule has 134 valence electrons. The third-order valence-electron chi connectivity index (χ3n) is 3.90. The first-order valence-corrected chi connectivity index (χ1v) is 9.99. The number of anilines is 1. The number of benzene rings is 2. The second-order valence-electron chi connectivity index (χ2n) is 6.11. The van der Waals surface area contributed by atoms with E-state index >= 15 is 0 Å². The Bertz CT molecular complexity index is 911. The number of halogens is 1. The fourth-order valence-corrected chi connectivity index (χ4v) is 3.19. The summed E-state index contributed by atoms with van der Waals surface area (Å²) in [5.41, 5.74) is 3.96. The Kier molecular flexibility index (Phi) is 5.75. The molecule has 2 aromatic rings. The lowest BCUT2D eigenvalue weighted by atomic mass is 10.0. The van der Waals surface area contributed by atoms with E-state index in [2.05, 4.69) is 10.0 Å². The third-order valence-corrected chi connectivity index (χ3v) is 4.81. The molecular formula is C18H21ClN2O3S. The van der Waals surface area contributed by atoms with E-state index < -0.39 is 10.0 Å². The van der Waals surface area contributed by atoms with Crippen LogP contribution in [-0.2, 0) is 10.0 Å². The highest BCUT2D eigenvalue weighted by Gasteiger charge is 2.15. The van der Waals surface area contributed by atoms with Crippen LogP contribution in [0.15, 0.2) is 36.4 Å². The van der Waals surface area contributed by atoms with Crippen LogP contribution in [-0.4, -0.2) is 20.6 Å². The van der Waals surface area contributed by atoms with E-state index in [-0.39, 0.29) is 22.5 Å². The van der Waals surface area contributed by atoms with Crippen molar-refractivity contribution in [2.24, 2.45) is 0 Å². The zero-order valence-corrected chi connectivity index (χ0v) is 16.1. The Labute approximate surface area is 153 Å². The number of hydrogen-bond donors (Lipinski definition) is 2. The SMILES string of the molecule is Cc1ccc(C(C)NC(=O)c2ccc(NS(C)(=O)=O)cc2Cl)cc1C. The molecule has 0 heterocycles. The van der Waals surface area contributed by atoms with Gasteiger partial charge in [-0.1, -0.05) is 29.8 Å². The normalized spacial score (nSPS) is 12.5. The van der Waals surface area contributed by atoms with Crippen LogP contribution < -0.4 is 10.0 Å². The smallest absolute Gasteiger partial charge is 0.253 e. The highest BCUT2D eigenvalue weighted by molar-refractivity contribution is 7.92. The summed E-state index contributed by atoms with van der Waals surface area (Å²) in [7, 11) is -3.40. The van der Waals surface area contributed by atoms with E-state index in [4.69, 9.17) is 11.6 Å². The van der Waals surface area contributed by atoms with Crippen LogP contribution in [0.1, 0.15) is 40.0 Å². The van der Waals surface area contributed by atoms with E-state index in [1.807, 2.05) is 39.0 Å². The molecule has 0 bridgehead atoms. The summed E-state index contributed by atoms with van der Waals surface area (Å²) in [6.45, 7) is 5.96. The molecule has 1 amide bonds. The Morgan fingerprint density at radius 3 is 2.32 bits per heavy atom. The maximum atomic E-state index is 12.5. The maximum absolute atomic E-state index is 12.5. The number of carbonyl (C=O) groups excluding carboxylic acids is 1. The molecule has 7 heteroatoms. The molecule has 5 nitrogen and oxygen atoms in total. The van der Waals surface area contributed by atoms with Crippen LogP contribution >= 0.6 is 11.6 Å². The monoisotopic (exact) mass is 380 g/mol. The average molecular weight is 381 g/mol. The molecule has 0 aliphatic heterocycles. The van der Waals surface area contributed by atoms with Gasteiger partial charge in [-0.3, -0.25) is 9.52 Å². The molecule has 1 atom stereocenters. The van der Waals surface area contributed by atoms with Crippen molar-refractivity contribution >= 4 is 33.2 Å². The molecule has 1 unspecified atom stereocenters. The Hall–Kier alpha value is -2.05. The number of amides is 1. The van der Waals surface area contributed by atoms with Crippen LogP contribution in [0.2, 0.25) is 5.02 Å². The standard InChI is InChI=1S/C18H21ClN2O3S/c1-11-5-6-14(9-12(11)2)13(3)20-18(22)16-8-7-15(10-17(16)19)21-25(4,23)24/h5-10,13,21H,1-4H3,(H,20,22). The summed E-state index contributed by atoms with van der Waals surface area (Å²) in [6, 6.07) is 10.3. The predicted octanol–water partition coefficient (Wildman–Crippen LogP) is 3.82. The van der Waals surface area contributed by atoms with Gasteiger partial charge < -0.3 is 5.32 Å². The van der Waals surface area contributed by atoms with Crippen LogP contribution in [0.3, 0.4) is 0 Å². The van der Waals surface area contributed by atoms with Crippen LogP contribution in [0.25, 0.3) is 0 Å². The summed E-state index contributed by atoms with van der Waals surface area (Å²) in [4.78, 5) is 12.5. The molecule has 0 aromatic heterocycles. The minimum absolute atomic E-state index is 0.179. The topological polar surface area (TPSA) is 75.3 Å². The van der Waals surface area contributed by atoms with Gasteiger partial charge in [0.15, 0.2) is 0 Å². The fourth-order valence-electron chi connectivity index (χ4n) is 2.37. The van der Waals surface area contributed by atoms with Gasteiger partial charge in [-0.05, 0) is 55.7 Å². The van der Waals surface area contributed by atoms with E-state index in [0.717, 1.165) is 17.4 Å². The van der Waals surface area contributed by atoms with Crippen molar-refractivity contribution in [3.05, 3.63) is 63.7 Å². The van der Waals surface area contributed by atoms with Gasteiger partial charge in [0.05, 0.1) is 22.9 Å². The average Bonchev–Trinajstić information content (AvgIpc) is 2.48. The van der Waals surface area contributed by atoms with Crippen molar-refractivity contribution in [3.63, 3.8) is 0 Å². The summed E-state index contributed by atoms with van der Waals surface area (Å²) in [6.07, 6.45) is 1.05. The van der Waals surface area contributed by atoms with Gasteiger partial charge in [0.1, 0.15) is 0 Å². The number of rotatable bonds is 5.